The first-order valence-corrected chi connectivity index (χ1v) is 8.33. The van der Waals surface area contributed by atoms with Crippen molar-refractivity contribution in [3.8, 4) is 0 Å². The normalized spacial score (nSPS) is 12.1. The van der Waals surface area contributed by atoms with Crippen LogP contribution in [0.3, 0.4) is 0 Å². The summed E-state index contributed by atoms with van der Waals surface area (Å²) >= 11 is 1.61. The minimum atomic E-state index is -0.505. The van der Waals surface area contributed by atoms with Gasteiger partial charge in [0.05, 0.1) is 15.2 Å². The number of nitrogens with one attached hydrogen (secondary N) is 2. The Kier molecular flexibility index (Phi) is 5.89. The summed E-state index contributed by atoms with van der Waals surface area (Å²) in [7, 11) is 0. The lowest BCUT2D eigenvalue weighted by molar-refractivity contribution is -0.128. The number of hydrogen-bond acceptors (Lipinski definition) is 4. The van der Waals surface area contributed by atoms with Gasteiger partial charge in [-0.3, -0.25) is 9.59 Å². The van der Waals surface area contributed by atoms with E-state index < -0.39 is 6.04 Å². The molecule has 2 N–H and O–H groups in total. The minimum absolute atomic E-state index is 0.126. The van der Waals surface area contributed by atoms with Gasteiger partial charge in [-0.1, -0.05) is 19.1 Å². The number of thiazole rings is 1. The molecule has 1 heterocycles. The van der Waals surface area contributed by atoms with Crippen molar-refractivity contribution in [3.63, 3.8) is 0 Å². The summed E-state index contributed by atoms with van der Waals surface area (Å²) in [5, 5.41) is 6.43. The molecular weight excluding hydrogens is 298 g/mol. The Morgan fingerprint density at radius 1 is 1.32 bits per heavy atom. The molecule has 2 aromatic rings. The van der Waals surface area contributed by atoms with Crippen molar-refractivity contribution in [2.75, 3.05) is 6.54 Å². The molecule has 0 aliphatic rings. The van der Waals surface area contributed by atoms with Crippen molar-refractivity contribution in [1.29, 1.82) is 0 Å². The summed E-state index contributed by atoms with van der Waals surface area (Å²) in [4.78, 5) is 28.1. The smallest absolute Gasteiger partial charge is 0.242 e. The molecule has 2 rings (SSSR count). The van der Waals surface area contributed by atoms with Crippen molar-refractivity contribution >= 4 is 33.4 Å². The van der Waals surface area contributed by atoms with E-state index in [4.69, 9.17) is 0 Å². The predicted octanol–water partition coefficient (Wildman–Crippen LogP) is 2.26. The number of fused-ring (bicyclic) bond motifs is 1. The molecule has 0 unspecified atom stereocenters. The van der Waals surface area contributed by atoms with Gasteiger partial charge in [0.15, 0.2) is 0 Å². The molecule has 5 nitrogen and oxygen atoms in total. The topological polar surface area (TPSA) is 71.1 Å². The van der Waals surface area contributed by atoms with Crippen molar-refractivity contribution < 1.29 is 9.59 Å². The number of aryl methyl sites for hydroxylation is 1. The highest BCUT2D eigenvalue weighted by Crippen LogP contribution is 2.22. The van der Waals surface area contributed by atoms with E-state index in [2.05, 4.69) is 15.6 Å². The molecule has 118 valence electrons. The van der Waals surface area contributed by atoms with Gasteiger partial charge in [0, 0.05) is 19.4 Å². The van der Waals surface area contributed by atoms with Crippen LogP contribution in [-0.4, -0.2) is 29.4 Å². The lowest BCUT2D eigenvalue weighted by atomic mass is 10.2. The van der Waals surface area contributed by atoms with Crippen LogP contribution in [0.2, 0.25) is 0 Å². The summed E-state index contributed by atoms with van der Waals surface area (Å²) in [6, 6.07) is 7.42. The van der Waals surface area contributed by atoms with Crippen LogP contribution in [0.25, 0.3) is 10.2 Å². The molecule has 1 atom stereocenters. The molecular formula is C16H21N3O2S. The number of hydrogen-bond donors (Lipinski definition) is 2. The maximum Gasteiger partial charge on any atom is 0.242 e. The van der Waals surface area contributed by atoms with Crippen molar-refractivity contribution in [2.24, 2.45) is 0 Å². The predicted molar refractivity (Wildman–Crippen MR) is 88.8 cm³/mol. The molecule has 0 fully saturated rings. The fourth-order valence-electron chi connectivity index (χ4n) is 2.03. The van der Waals surface area contributed by atoms with Gasteiger partial charge < -0.3 is 10.6 Å². The zero-order valence-corrected chi connectivity index (χ0v) is 13.7. The lowest BCUT2D eigenvalue weighted by Crippen LogP contribution is -2.45. The Morgan fingerprint density at radius 2 is 2.09 bits per heavy atom. The van der Waals surface area contributed by atoms with Crippen LogP contribution < -0.4 is 10.6 Å². The van der Waals surface area contributed by atoms with Gasteiger partial charge in [0.25, 0.3) is 0 Å². The first kappa shape index (κ1) is 16.4. The monoisotopic (exact) mass is 319 g/mol. The molecule has 0 saturated heterocycles. The number of amides is 2. The van der Waals surface area contributed by atoms with Gasteiger partial charge >= 0.3 is 0 Å². The second kappa shape index (κ2) is 7.89. The van der Waals surface area contributed by atoms with E-state index >= 15 is 0 Å². The van der Waals surface area contributed by atoms with Gasteiger partial charge in [-0.05, 0) is 25.5 Å². The van der Waals surface area contributed by atoms with Crippen LogP contribution in [0.4, 0.5) is 0 Å². The largest absolute Gasteiger partial charge is 0.354 e. The quantitative estimate of drug-likeness (QED) is 0.822. The van der Waals surface area contributed by atoms with Gasteiger partial charge in [-0.25, -0.2) is 4.98 Å². The Balaban J connectivity index is 1.81. The third kappa shape index (κ3) is 4.53. The Hall–Kier alpha value is -1.95. The molecule has 0 spiro atoms. The van der Waals surface area contributed by atoms with E-state index in [1.165, 1.54) is 0 Å². The number of aromatic nitrogens is 1. The molecule has 6 heteroatoms. The molecule has 0 saturated carbocycles. The van der Waals surface area contributed by atoms with E-state index in [0.29, 0.717) is 19.4 Å². The Morgan fingerprint density at radius 3 is 2.82 bits per heavy atom. The van der Waals surface area contributed by atoms with Crippen LogP contribution in [0.15, 0.2) is 24.3 Å². The highest BCUT2D eigenvalue weighted by atomic mass is 32.1. The fraction of sp³-hybridized carbons (Fsp3) is 0.438. The molecule has 0 radical (unpaired) electrons. The molecule has 2 amide bonds. The number of benzene rings is 1. The van der Waals surface area contributed by atoms with E-state index in [1.807, 2.05) is 31.2 Å². The fourth-order valence-corrected chi connectivity index (χ4v) is 2.99. The first-order valence-electron chi connectivity index (χ1n) is 7.51. The van der Waals surface area contributed by atoms with E-state index in [0.717, 1.165) is 21.6 Å². The summed E-state index contributed by atoms with van der Waals surface area (Å²) in [6.45, 7) is 4.31. The zero-order valence-electron chi connectivity index (χ0n) is 12.9. The number of nitrogens with zero attached hydrogens (tertiary/aromatic N) is 1. The van der Waals surface area contributed by atoms with Gasteiger partial charge in [-0.2, -0.15) is 0 Å². The Bertz CT molecular complexity index is 621. The highest BCUT2D eigenvalue weighted by molar-refractivity contribution is 7.18. The number of carbonyl (C=O) groups excluding carboxylic acids is 2. The van der Waals surface area contributed by atoms with Gasteiger partial charge in [-0.15, -0.1) is 11.3 Å². The first-order chi connectivity index (χ1) is 10.6. The highest BCUT2D eigenvalue weighted by Gasteiger charge is 2.15. The van der Waals surface area contributed by atoms with Crippen LogP contribution in [0.5, 0.6) is 0 Å². The molecule has 1 aromatic carbocycles. The van der Waals surface area contributed by atoms with Crippen LogP contribution in [0.1, 0.15) is 31.7 Å². The molecule has 1 aromatic heterocycles. The minimum Gasteiger partial charge on any atom is -0.354 e. The average molecular weight is 319 g/mol. The van der Waals surface area contributed by atoms with Crippen molar-refractivity contribution in [2.45, 2.75) is 39.2 Å². The standard InChI is InChI=1S/C16H21N3O2S/c1-3-10-17-16(21)11(2)18-14(20)8-9-15-19-12-6-4-5-7-13(12)22-15/h4-7,11H,3,8-10H2,1-2H3,(H,17,21)(H,18,20)/t11-/m0/s1. The molecule has 0 aliphatic carbocycles. The maximum atomic E-state index is 11.9. The van der Waals surface area contributed by atoms with E-state index in [9.17, 15) is 9.59 Å². The van der Waals surface area contributed by atoms with Crippen LogP contribution in [-0.2, 0) is 16.0 Å². The third-order valence-corrected chi connectivity index (χ3v) is 4.32. The number of para-hydroxylation sites is 1. The second-order valence-corrected chi connectivity index (χ2v) is 6.27. The lowest BCUT2D eigenvalue weighted by Gasteiger charge is -2.13. The van der Waals surface area contributed by atoms with Gasteiger partial charge in [0.2, 0.25) is 11.8 Å². The zero-order chi connectivity index (χ0) is 15.9. The summed E-state index contributed by atoms with van der Waals surface area (Å²) in [5.41, 5.74) is 0.968. The summed E-state index contributed by atoms with van der Waals surface area (Å²) in [6.07, 6.45) is 1.81. The third-order valence-electron chi connectivity index (χ3n) is 3.22. The summed E-state index contributed by atoms with van der Waals surface area (Å²) < 4.78 is 1.13. The van der Waals surface area contributed by atoms with Crippen molar-refractivity contribution in [1.82, 2.24) is 15.6 Å². The second-order valence-electron chi connectivity index (χ2n) is 5.16. The molecule has 0 bridgehead atoms. The summed E-state index contributed by atoms with van der Waals surface area (Å²) in [5.74, 6) is -0.270. The van der Waals surface area contributed by atoms with Crippen molar-refractivity contribution in [3.05, 3.63) is 29.3 Å². The van der Waals surface area contributed by atoms with Crippen LogP contribution in [0, 0.1) is 0 Å². The molecule has 22 heavy (non-hydrogen) atoms. The average Bonchev–Trinajstić information content (AvgIpc) is 2.93. The SMILES string of the molecule is CCCNC(=O)[C@H](C)NC(=O)CCc1nc2ccccc2s1. The van der Waals surface area contributed by atoms with Crippen LogP contribution >= 0.6 is 11.3 Å². The Labute approximate surface area is 134 Å². The molecule has 0 aliphatic heterocycles. The maximum absolute atomic E-state index is 11.9. The number of carbonyl (C=O) groups is 2. The van der Waals surface area contributed by atoms with E-state index in [-0.39, 0.29) is 11.8 Å². The van der Waals surface area contributed by atoms with E-state index in [1.54, 1.807) is 18.3 Å². The number of rotatable bonds is 7. The van der Waals surface area contributed by atoms with Gasteiger partial charge in [0.1, 0.15) is 6.04 Å².